The molecule has 0 aliphatic heterocycles. The lowest BCUT2D eigenvalue weighted by molar-refractivity contribution is -0.174. The van der Waals surface area contributed by atoms with E-state index in [1.54, 1.807) is 71.9 Å². The molecule has 38 heavy (non-hydrogen) atoms. The number of nitrogens with two attached hydrogens (primary N) is 1. The highest BCUT2D eigenvalue weighted by Crippen LogP contribution is 2.33. The van der Waals surface area contributed by atoms with Crippen LogP contribution in [0.4, 0.5) is 0 Å². The molecule has 0 fully saturated rings. The van der Waals surface area contributed by atoms with Crippen molar-refractivity contribution in [3.05, 3.63) is 35.9 Å². The van der Waals surface area contributed by atoms with Gasteiger partial charge in [-0.15, -0.1) is 0 Å². The molecule has 4 atom stereocenters. The van der Waals surface area contributed by atoms with Crippen molar-refractivity contribution in [1.29, 1.82) is 0 Å². The molecule has 3 amide bonds. The summed E-state index contributed by atoms with van der Waals surface area (Å²) in [6, 6.07) is 8.33. The maximum absolute atomic E-state index is 13.6. The third-order valence-electron chi connectivity index (χ3n) is 6.34. The lowest BCUT2D eigenvalue weighted by atomic mass is 9.72. The van der Waals surface area contributed by atoms with E-state index in [9.17, 15) is 24.0 Å². The van der Waals surface area contributed by atoms with Gasteiger partial charge in [0.1, 0.15) is 17.4 Å². The topological polar surface area (TPSA) is 166 Å². The fourth-order valence-electron chi connectivity index (χ4n) is 4.19. The van der Waals surface area contributed by atoms with Crippen LogP contribution in [0.2, 0.25) is 0 Å². The molecule has 11 heteroatoms. The third kappa shape index (κ3) is 8.27. The SMILES string of the molecule is CCCC(C(=O)NN)C(=O)N[C@](C(=O)OC)(C(C)CC)[C@@H](CNC(=O)c1ccccc1)C(=O)OC(C)(C)C. The van der Waals surface area contributed by atoms with Gasteiger partial charge < -0.3 is 20.1 Å². The Labute approximate surface area is 224 Å². The molecule has 0 saturated heterocycles. The zero-order valence-corrected chi connectivity index (χ0v) is 23.4. The van der Waals surface area contributed by atoms with Gasteiger partial charge in [0.25, 0.3) is 5.91 Å². The summed E-state index contributed by atoms with van der Waals surface area (Å²) in [5.74, 6) is -1.76. The lowest BCUT2D eigenvalue weighted by Gasteiger charge is -2.43. The largest absolute Gasteiger partial charge is 0.467 e. The monoisotopic (exact) mass is 534 g/mol. The first kappa shape index (κ1) is 32.6. The van der Waals surface area contributed by atoms with Crippen LogP contribution in [0.3, 0.4) is 0 Å². The van der Waals surface area contributed by atoms with Crippen LogP contribution in [0.5, 0.6) is 0 Å². The molecule has 0 aliphatic carbocycles. The summed E-state index contributed by atoms with van der Waals surface area (Å²) in [4.78, 5) is 65.9. The second-order valence-corrected chi connectivity index (χ2v) is 10.2. The van der Waals surface area contributed by atoms with Gasteiger partial charge >= 0.3 is 11.9 Å². The summed E-state index contributed by atoms with van der Waals surface area (Å²) in [6.45, 7) is 9.86. The fourth-order valence-corrected chi connectivity index (χ4v) is 4.19. The van der Waals surface area contributed by atoms with Crippen molar-refractivity contribution in [1.82, 2.24) is 16.1 Å². The zero-order chi connectivity index (χ0) is 29.1. The van der Waals surface area contributed by atoms with Crippen molar-refractivity contribution in [2.75, 3.05) is 13.7 Å². The van der Waals surface area contributed by atoms with Crippen LogP contribution in [-0.2, 0) is 28.7 Å². The summed E-state index contributed by atoms with van der Waals surface area (Å²) < 4.78 is 10.8. The fraction of sp³-hybridized carbons (Fsp3) is 0.593. The average Bonchev–Trinajstić information content (AvgIpc) is 2.88. The Morgan fingerprint density at radius 3 is 2.08 bits per heavy atom. The van der Waals surface area contributed by atoms with E-state index in [4.69, 9.17) is 15.3 Å². The Kier molecular flexibility index (Phi) is 12.4. The number of carbonyl (C=O) groups is 5. The number of hydrogen-bond acceptors (Lipinski definition) is 8. The number of rotatable bonds is 13. The number of carbonyl (C=O) groups excluding carboxylic acids is 5. The van der Waals surface area contributed by atoms with Crippen molar-refractivity contribution in [2.45, 2.75) is 71.9 Å². The van der Waals surface area contributed by atoms with Gasteiger partial charge in [0, 0.05) is 12.1 Å². The lowest BCUT2D eigenvalue weighted by Crippen LogP contribution is -2.69. The molecule has 11 nitrogen and oxygen atoms in total. The highest BCUT2D eigenvalue weighted by atomic mass is 16.6. The third-order valence-corrected chi connectivity index (χ3v) is 6.34. The minimum Gasteiger partial charge on any atom is -0.467 e. The molecular formula is C27H42N4O7. The highest BCUT2D eigenvalue weighted by Gasteiger charge is 2.56. The van der Waals surface area contributed by atoms with Gasteiger partial charge in [-0.2, -0.15) is 0 Å². The standard InChI is InChI=1S/C27H42N4O7/c1-8-13-19(23(34)31-28)22(33)30-27(17(3)9-2,25(36)37-7)20(24(35)38-26(4,5)6)16-29-21(32)18-14-11-10-12-15-18/h10-12,14-15,17,19-20H,8-9,13,16,28H2,1-7H3,(H,29,32)(H,30,33)(H,31,34)/t17?,19?,20-,27+/m0/s1. The summed E-state index contributed by atoms with van der Waals surface area (Å²) >= 11 is 0. The second-order valence-electron chi connectivity index (χ2n) is 10.2. The van der Waals surface area contributed by atoms with Crippen LogP contribution in [0.15, 0.2) is 30.3 Å². The van der Waals surface area contributed by atoms with E-state index in [1.807, 2.05) is 5.43 Å². The summed E-state index contributed by atoms with van der Waals surface area (Å²) in [6.07, 6.45) is 0.958. The first-order valence-corrected chi connectivity index (χ1v) is 12.8. The van der Waals surface area contributed by atoms with E-state index >= 15 is 0 Å². The average molecular weight is 535 g/mol. The number of nitrogens with one attached hydrogen (secondary N) is 3. The summed E-state index contributed by atoms with van der Waals surface area (Å²) in [7, 11) is 1.14. The molecule has 5 N–H and O–H groups in total. The Morgan fingerprint density at radius 1 is 1.00 bits per heavy atom. The predicted molar refractivity (Wildman–Crippen MR) is 141 cm³/mol. The van der Waals surface area contributed by atoms with Gasteiger partial charge in [-0.25, -0.2) is 10.6 Å². The molecule has 2 unspecified atom stereocenters. The number of benzene rings is 1. The number of amides is 3. The van der Waals surface area contributed by atoms with Gasteiger partial charge in [-0.1, -0.05) is 51.8 Å². The van der Waals surface area contributed by atoms with E-state index in [1.165, 1.54) is 0 Å². The summed E-state index contributed by atoms with van der Waals surface area (Å²) in [5, 5.41) is 5.37. The molecule has 0 spiro atoms. The van der Waals surface area contributed by atoms with Crippen molar-refractivity contribution >= 4 is 29.7 Å². The maximum Gasteiger partial charge on any atom is 0.332 e. The zero-order valence-electron chi connectivity index (χ0n) is 23.4. The van der Waals surface area contributed by atoms with Gasteiger partial charge in [-0.05, 0) is 45.2 Å². The van der Waals surface area contributed by atoms with Crippen LogP contribution in [0, 0.1) is 17.8 Å². The van der Waals surface area contributed by atoms with Crippen LogP contribution < -0.4 is 21.9 Å². The van der Waals surface area contributed by atoms with E-state index in [0.717, 1.165) is 7.11 Å². The Hall–Kier alpha value is -3.47. The predicted octanol–water partition coefficient (Wildman–Crippen LogP) is 1.85. The minimum absolute atomic E-state index is 0.147. The van der Waals surface area contributed by atoms with Crippen molar-refractivity contribution < 1.29 is 33.4 Å². The Bertz CT molecular complexity index is 977. The number of hydrogen-bond donors (Lipinski definition) is 4. The van der Waals surface area contributed by atoms with Gasteiger partial charge in [0.05, 0.1) is 7.11 Å². The Balaban J connectivity index is 3.68. The second kappa shape index (κ2) is 14.5. The van der Waals surface area contributed by atoms with E-state index in [0.29, 0.717) is 18.4 Å². The summed E-state index contributed by atoms with van der Waals surface area (Å²) in [5.41, 5.74) is -0.597. The van der Waals surface area contributed by atoms with E-state index < -0.39 is 58.6 Å². The van der Waals surface area contributed by atoms with Crippen molar-refractivity contribution in [3.8, 4) is 0 Å². The minimum atomic E-state index is -1.98. The van der Waals surface area contributed by atoms with Gasteiger partial charge in [0.2, 0.25) is 11.8 Å². The number of hydrazine groups is 1. The van der Waals surface area contributed by atoms with Gasteiger partial charge in [0.15, 0.2) is 5.54 Å². The van der Waals surface area contributed by atoms with Crippen LogP contribution in [-0.4, -0.2) is 54.5 Å². The van der Waals surface area contributed by atoms with Crippen molar-refractivity contribution in [2.24, 2.45) is 23.6 Å². The molecule has 0 radical (unpaired) electrons. The molecule has 0 aromatic heterocycles. The highest BCUT2D eigenvalue weighted by molar-refractivity contribution is 6.03. The van der Waals surface area contributed by atoms with Gasteiger partial charge in [-0.3, -0.25) is 24.6 Å². The molecule has 0 saturated carbocycles. The number of esters is 2. The first-order chi connectivity index (χ1) is 17.8. The van der Waals surface area contributed by atoms with Crippen LogP contribution in [0.1, 0.15) is 71.2 Å². The maximum atomic E-state index is 13.6. The Morgan fingerprint density at radius 2 is 1.61 bits per heavy atom. The molecule has 212 valence electrons. The van der Waals surface area contributed by atoms with Crippen LogP contribution in [0.25, 0.3) is 0 Å². The molecule has 1 aromatic carbocycles. The molecule has 1 aromatic rings. The molecular weight excluding hydrogens is 492 g/mol. The smallest absolute Gasteiger partial charge is 0.332 e. The molecule has 0 heterocycles. The van der Waals surface area contributed by atoms with E-state index in [2.05, 4.69) is 10.6 Å². The molecule has 0 bridgehead atoms. The molecule has 1 rings (SSSR count). The quantitative estimate of drug-likeness (QED) is 0.0978. The van der Waals surface area contributed by atoms with Crippen LogP contribution >= 0.6 is 0 Å². The first-order valence-electron chi connectivity index (χ1n) is 12.8. The normalized spacial score (nSPS) is 15.2. The number of methoxy groups -OCH3 is 1. The van der Waals surface area contributed by atoms with Crippen molar-refractivity contribution in [3.63, 3.8) is 0 Å². The number of ether oxygens (including phenoxy) is 2. The molecule has 0 aliphatic rings. The van der Waals surface area contributed by atoms with E-state index in [-0.39, 0.29) is 13.0 Å².